The summed E-state index contributed by atoms with van der Waals surface area (Å²) in [4.78, 5) is 16.2. The molecule has 17 heavy (non-hydrogen) atoms. The van der Waals surface area contributed by atoms with Crippen molar-refractivity contribution in [1.82, 2.24) is 15.1 Å². The maximum Gasteiger partial charge on any atom is 0.223 e. The summed E-state index contributed by atoms with van der Waals surface area (Å²) in [5, 5.41) is 3.26. The van der Waals surface area contributed by atoms with Gasteiger partial charge in [-0.05, 0) is 20.4 Å². The Bertz CT molecular complexity index is 218. The molecule has 0 unspecified atom stereocenters. The van der Waals surface area contributed by atoms with Gasteiger partial charge >= 0.3 is 0 Å². The maximum atomic E-state index is 11.9. The highest BCUT2D eigenvalue weighted by Gasteiger charge is 2.17. The number of carbonyl (C=O) groups is 1. The normalized spacial score (nSPS) is 16.2. The molecule has 102 valence electrons. The zero-order valence-electron chi connectivity index (χ0n) is 11.2. The predicted octanol–water partition coefficient (Wildman–Crippen LogP) is 0.960. The minimum absolute atomic E-state index is 0. The average molecular weight is 264 g/mol. The summed E-state index contributed by atoms with van der Waals surface area (Å²) >= 11 is 0. The van der Waals surface area contributed by atoms with Gasteiger partial charge in [0, 0.05) is 45.2 Å². The minimum Gasteiger partial charge on any atom is -0.340 e. The van der Waals surface area contributed by atoms with Gasteiger partial charge in [0.25, 0.3) is 0 Å². The van der Waals surface area contributed by atoms with Gasteiger partial charge in [0.2, 0.25) is 5.91 Å². The van der Waals surface area contributed by atoms with E-state index in [4.69, 9.17) is 0 Å². The second kappa shape index (κ2) is 8.72. The lowest BCUT2D eigenvalue weighted by atomic mass is 10.2. The first-order valence-electron chi connectivity index (χ1n) is 6.37. The Kier molecular flexibility index (Phi) is 8.56. The van der Waals surface area contributed by atoms with Crippen molar-refractivity contribution in [2.45, 2.75) is 33.2 Å². The lowest BCUT2D eigenvalue weighted by Gasteiger charge is -2.29. The third-order valence-electron chi connectivity index (χ3n) is 3.22. The van der Waals surface area contributed by atoms with Gasteiger partial charge in [-0.25, -0.2) is 0 Å². The van der Waals surface area contributed by atoms with Crippen molar-refractivity contribution in [2.75, 3.05) is 39.3 Å². The van der Waals surface area contributed by atoms with Gasteiger partial charge in [-0.2, -0.15) is 0 Å². The van der Waals surface area contributed by atoms with Crippen molar-refractivity contribution >= 4 is 18.3 Å². The topological polar surface area (TPSA) is 35.6 Å². The number of rotatable bonds is 5. The summed E-state index contributed by atoms with van der Waals surface area (Å²) in [6, 6.07) is 0.529. The van der Waals surface area contributed by atoms with Crippen LogP contribution in [0.3, 0.4) is 0 Å². The number of halogens is 1. The first-order valence-corrected chi connectivity index (χ1v) is 6.37. The van der Waals surface area contributed by atoms with Crippen LogP contribution in [0.15, 0.2) is 0 Å². The highest BCUT2D eigenvalue weighted by Crippen LogP contribution is 2.02. The Labute approximate surface area is 111 Å². The quantitative estimate of drug-likeness (QED) is 0.803. The first-order chi connectivity index (χ1) is 7.65. The van der Waals surface area contributed by atoms with Gasteiger partial charge in [-0.1, -0.05) is 6.92 Å². The third kappa shape index (κ3) is 5.70. The molecule has 0 atom stereocenters. The molecule has 0 aromatic rings. The molecule has 1 rings (SSSR count). The SMILES string of the molecule is CCN(CCC(=O)N1CCNCC1)C(C)C.Cl. The molecule has 0 radical (unpaired) electrons. The summed E-state index contributed by atoms with van der Waals surface area (Å²) in [5.41, 5.74) is 0. The first kappa shape index (κ1) is 16.7. The summed E-state index contributed by atoms with van der Waals surface area (Å²) < 4.78 is 0. The second-order valence-electron chi connectivity index (χ2n) is 4.60. The van der Waals surface area contributed by atoms with Crippen LogP contribution < -0.4 is 5.32 Å². The summed E-state index contributed by atoms with van der Waals surface area (Å²) in [5.74, 6) is 0.306. The van der Waals surface area contributed by atoms with Gasteiger partial charge in [0.05, 0.1) is 0 Å². The van der Waals surface area contributed by atoms with E-state index in [2.05, 4.69) is 31.0 Å². The number of amides is 1. The molecule has 0 aromatic carbocycles. The second-order valence-corrected chi connectivity index (χ2v) is 4.60. The van der Waals surface area contributed by atoms with Crippen LogP contribution in [0.1, 0.15) is 27.2 Å². The van der Waals surface area contributed by atoms with Gasteiger partial charge < -0.3 is 15.1 Å². The third-order valence-corrected chi connectivity index (χ3v) is 3.22. The molecule has 0 bridgehead atoms. The lowest BCUT2D eigenvalue weighted by Crippen LogP contribution is -2.47. The van der Waals surface area contributed by atoms with E-state index in [0.29, 0.717) is 18.4 Å². The van der Waals surface area contributed by atoms with E-state index in [1.807, 2.05) is 4.90 Å². The number of piperazine rings is 1. The zero-order valence-corrected chi connectivity index (χ0v) is 12.1. The molecule has 1 amide bonds. The minimum atomic E-state index is 0. The molecule has 4 nitrogen and oxygen atoms in total. The Morgan fingerprint density at radius 3 is 2.41 bits per heavy atom. The van der Waals surface area contributed by atoms with Gasteiger partial charge in [0.15, 0.2) is 0 Å². The molecule has 1 saturated heterocycles. The molecule has 1 heterocycles. The number of hydrogen-bond donors (Lipinski definition) is 1. The Morgan fingerprint density at radius 2 is 1.94 bits per heavy atom. The molecule has 0 aliphatic carbocycles. The van der Waals surface area contributed by atoms with Crippen LogP contribution in [0.25, 0.3) is 0 Å². The Morgan fingerprint density at radius 1 is 1.35 bits per heavy atom. The highest BCUT2D eigenvalue weighted by atomic mass is 35.5. The highest BCUT2D eigenvalue weighted by molar-refractivity contribution is 5.85. The van der Waals surface area contributed by atoms with E-state index < -0.39 is 0 Å². The molecular formula is C12H26ClN3O. The number of hydrogen-bond acceptors (Lipinski definition) is 3. The monoisotopic (exact) mass is 263 g/mol. The van der Waals surface area contributed by atoms with Crippen molar-refractivity contribution in [3.63, 3.8) is 0 Å². The van der Waals surface area contributed by atoms with E-state index >= 15 is 0 Å². The van der Waals surface area contributed by atoms with Crippen molar-refractivity contribution in [1.29, 1.82) is 0 Å². The molecule has 1 N–H and O–H groups in total. The number of nitrogens with one attached hydrogen (secondary N) is 1. The van der Waals surface area contributed by atoms with Gasteiger partial charge in [-0.3, -0.25) is 4.79 Å². The smallest absolute Gasteiger partial charge is 0.223 e. The van der Waals surface area contributed by atoms with E-state index in [1.165, 1.54) is 0 Å². The van der Waals surface area contributed by atoms with Crippen molar-refractivity contribution in [2.24, 2.45) is 0 Å². The van der Waals surface area contributed by atoms with Gasteiger partial charge in [0.1, 0.15) is 0 Å². The standard InChI is InChI=1S/C12H25N3O.ClH/c1-4-14(11(2)3)8-5-12(16)15-9-6-13-7-10-15;/h11,13H,4-10H2,1-3H3;1H. The fourth-order valence-corrected chi connectivity index (χ4v) is 2.09. The van der Waals surface area contributed by atoms with Crippen LogP contribution in [0, 0.1) is 0 Å². The Balaban J connectivity index is 0.00000256. The van der Waals surface area contributed by atoms with E-state index in [9.17, 15) is 4.79 Å². The molecule has 1 aliphatic heterocycles. The fraction of sp³-hybridized carbons (Fsp3) is 0.917. The van der Waals surface area contributed by atoms with Crippen molar-refractivity contribution < 1.29 is 4.79 Å². The summed E-state index contributed by atoms with van der Waals surface area (Å²) in [7, 11) is 0. The molecule has 1 fully saturated rings. The lowest BCUT2D eigenvalue weighted by molar-refractivity contribution is -0.132. The van der Waals surface area contributed by atoms with Crippen LogP contribution in [0.4, 0.5) is 0 Å². The average Bonchev–Trinajstić information content (AvgIpc) is 2.30. The summed E-state index contributed by atoms with van der Waals surface area (Å²) in [6.07, 6.45) is 0.659. The van der Waals surface area contributed by atoms with Crippen LogP contribution >= 0.6 is 12.4 Å². The largest absolute Gasteiger partial charge is 0.340 e. The van der Waals surface area contributed by atoms with E-state index in [1.54, 1.807) is 0 Å². The molecule has 1 aliphatic rings. The van der Waals surface area contributed by atoms with E-state index in [-0.39, 0.29) is 12.4 Å². The number of carbonyl (C=O) groups excluding carboxylic acids is 1. The molecule has 0 spiro atoms. The Hall–Kier alpha value is -0.320. The predicted molar refractivity (Wildman–Crippen MR) is 73.7 cm³/mol. The van der Waals surface area contributed by atoms with Crippen LogP contribution in [-0.4, -0.2) is 61.0 Å². The van der Waals surface area contributed by atoms with Crippen LogP contribution in [0.2, 0.25) is 0 Å². The maximum absolute atomic E-state index is 11.9. The van der Waals surface area contributed by atoms with Crippen LogP contribution in [-0.2, 0) is 4.79 Å². The van der Waals surface area contributed by atoms with Gasteiger partial charge in [-0.15, -0.1) is 12.4 Å². The molecule has 0 aromatic heterocycles. The fourth-order valence-electron chi connectivity index (χ4n) is 2.09. The van der Waals surface area contributed by atoms with Crippen molar-refractivity contribution in [3.05, 3.63) is 0 Å². The molecular weight excluding hydrogens is 238 g/mol. The summed E-state index contributed by atoms with van der Waals surface area (Å²) in [6.45, 7) is 12.0. The van der Waals surface area contributed by atoms with Crippen LogP contribution in [0.5, 0.6) is 0 Å². The van der Waals surface area contributed by atoms with Crippen molar-refractivity contribution in [3.8, 4) is 0 Å². The zero-order chi connectivity index (χ0) is 12.0. The molecule has 5 heteroatoms. The molecule has 0 saturated carbocycles. The van der Waals surface area contributed by atoms with E-state index in [0.717, 1.165) is 39.3 Å². The number of nitrogens with zero attached hydrogens (tertiary/aromatic N) is 2.